The maximum Gasteiger partial charge on any atom is 0.251 e. The summed E-state index contributed by atoms with van der Waals surface area (Å²) in [4.78, 5) is 27.4. The van der Waals surface area contributed by atoms with Crippen molar-refractivity contribution in [1.82, 2.24) is 15.5 Å². The molecule has 0 aliphatic heterocycles. The van der Waals surface area contributed by atoms with Crippen LogP contribution < -0.4 is 10.6 Å². The van der Waals surface area contributed by atoms with Crippen LogP contribution in [-0.2, 0) is 4.79 Å². The predicted octanol–water partition coefficient (Wildman–Crippen LogP) is 3.97. The van der Waals surface area contributed by atoms with E-state index in [4.69, 9.17) is 0 Å². The second-order valence-electron chi connectivity index (χ2n) is 8.21. The SMILES string of the molecule is CCN(CC)C(=O)[C@H](CCCCNC1C[C@H]1c1ccccc1)NC(=O)c1ccccc1. The summed E-state index contributed by atoms with van der Waals surface area (Å²) >= 11 is 0. The van der Waals surface area contributed by atoms with E-state index < -0.39 is 6.04 Å². The molecule has 0 saturated heterocycles. The molecule has 31 heavy (non-hydrogen) atoms. The molecule has 1 unspecified atom stereocenters. The number of unbranched alkanes of at least 4 members (excludes halogenated alkanes) is 1. The van der Waals surface area contributed by atoms with Gasteiger partial charge in [-0.15, -0.1) is 0 Å². The molecule has 3 atom stereocenters. The highest BCUT2D eigenvalue weighted by Gasteiger charge is 2.37. The molecule has 0 aromatic heterocycles. The van der Waals surface area contributed by atoms with Gasteiger partial charge in [0.15, 0.2) is 0 Å². The van der Waals surface area contributed by atoms with E-state index in [1.165, 1.54) is 12.0 Å². The molecule has 2 aromatic carbocycles. The Morgan fingerprint density at radius 2 is 1.61 bits per heavy atom. The molecule has 5 nitrogen and oxygen atoms in total. The van der Waals surface area contributed by atoms with Gasteiger partial charge in [0.25, 0.3) is 5.91 Å². The second kappa shape index (κ2) is 11.7. The fourth-order valence-corrected chi connectivity index (χ4v) is 4.09. The maximum atomic E-state index is 12.9. The van der Waals surface area contributed by atoms with Gasteiger partial charge < -0.3 is 15.5 Å². The smallest absolute Gasteiger partial charge is 0.251 e. The highest BCUT2D eigenvalue weighted by atomic mass is 16.2. The van der Waals surface area contributed by atoms with Crippen LogP contribution in [0.3, 0.4) is 0 Å². The van der Waals surface area contributed by atoms with Crippen LogP contribution in [0.1, 0.15) is 61.4 Å². The summed E-state index contributed by atoms with van der Waals surface area (Å²) in [5, 5.41) is 6.61. The second-order valence-corrected chi connectivity index (χ2v) is 8.21. The fraction of sp³-hybridized carbons (Fsp3) is 0.462. The molecule has 1 aliphatic carbocycles. The van der Waals surface area contributed by atoms with Crippen molar-refractivity contribution in [2.45, 2.75) is 57.5 Å². The Hall–Kier alpha value is -2.66. The van der Waals surface area contributed by atoms with E-state index >= 15 is 0 Å². The summed E-state index contributed by atoms with van der Waals surface area (Å²) in [7, 11) is 0. The maximum absolute atomic E-state index is 12.9. The minimum atomic E-state index is -0.481. The van der Waals surface area contributed by atoms with Gasteiger partial charge in [0.05, 0.1) is 0 Å². The lowest BCUT2D eigenvalue weighted by molar-refractivity contribution is -0.133. The van der Waals surface area contributed by atoms with Gasteiger partial charge in [-0.1, -0.05) is 48.5 Å². The average Bonchev–Trinajstić information content (AvgIpc) is 3.59. The highest BCUT2D eigenvalue weighted by molar-refractivity contribution is 5.97. The van der Waals surface area contributed by atoms with E-state index in [9.17, 15) is 9.59 Å². The number of likely N-dealkylation sites (N-methyl/N-ethyl adjacent to an activating group) is 1. The third kappa shape index (κ3) is 6.66. The Balaban J connectivity index is 1.45. The van der Waals surface area contributed by atoms with Crippen molar-refractivity contribution in [2.24, 2.45) is 0 Å². The summed E-state index contributed by atoms with van der Waals surface area (Å²) in [6.07, 6.45) is 3.73. The highest BCUT2D eigenvalue weighted by Crippen LogP contribution is 2.40. The molecule has 2 N–H and O–H groups in total. The van der Waals surface area contributed by atoms with Gasteiger partial charge in [0.2, 0.25) is 5.91 Å². The molecular formula is C26H35N3O2. The van der Waals surface area contributed by atoms with Crippen molar-refractivity contribution < 1.29 is 9.59 Å². The third-order valence-corrected chi connectivity index (χ3v) is 6.06. The standard InChI is InChI=1S/C26H35N3O2/c1-3-29(4-2)26(31)23(28-25(30)21-15-9-6-10-16-21)17-11-12-18-27-24-19-22(24)20-13-7-5-8-14-20/h5-10,13-16,22-24,27H,3-4,11-12,17-19H2,1-2H3,(H,28,30)/t22-,23-,24?/m0/s1. The lowest BCUT2D eigenvalue weighted by Crippen LogP contribution is -2.48. The van der Waals surface area contributed by atoms with Crippen molar-refractivity contribution >= 4 is 11.8 Å². The van der Waals surface area contributed by atoms with Crippen molar-refractivity contribution in [3.05, 3.63) is 71.8 Å². The normalized spacial score (nSPS) is 18.3. The zero-order valence-electron chi connectivity index (χ0n) is 18.7. The molecule has 1 fully saturated rings. The third-order valence-electron chi connectivity index (χ3n) is 6.06. The van der Waals surface area contributed by atoms with Gasteiger partial charge in [-0.2, -0.15) is 0 Å². The first-order chi connectivity index (χ1) is 15.1. The van der Waals surface area contributed by atoms with Gasteiger partial charge >= 0.3 is 0 Å². The Morgan fingerprint density at radius 3 is 2.26 bits per heavy atom. The summed E-state index contributed by atoms with van der Waals surface area (Å²) in [5.74, 6) is 0.449. The van der Waals surface area contributed by atoms with Crippen LogP contribution in [0.4, 0.5) is 0 Å². The topological polar surface area (TPSA) is 61.4 Å². The summed E-state index contributed by atoms with van der Waals surface area (Å²) in [6, 6.07) is 19.8. The van der Waals surface area contributed by atoms with Crippen molar-refractivity contribution in [3.63, 3.8) is 0 Å². The quantitative estimate of drug-likeness (QED) is 0.510. The number of carbonyl (C=O) groups excluding carboxylic acids is 2. The van der Waals surface area contributed by atoms with Crippen molar-refractivity contribution in [3.8, 4) is 0 Å². The molecular weight excluding hydrogens is 386 g/mol. The number of hydrogen-bond donors (Lipinski definition) is 2. The molecule has 0 spiro atoms. The largest absolute Gasteiger partial charge is 0.341 e. The van der Waals surface area contributed by atoms with Gasteiger partial charge in [-0.25, -0.2) is 0 Å². The van der Waals surface area contributed by atoms with Crippen LogP contribution in [0.5, 0.6) is 0 Å². The van der Waals surface area contributed by atoms with Crippen LogP contribution in [0, 0.1) is 0 Å². The van der Waals surface area contributed by atoms with Crippen LogP contribution in [0.2, 0.25) is 0 Å². The average molecular weight is 422 g/mol. The number of hydrogen-bond acceptors (Lipinski definition) is 3. The molecule has 3 rings (SSSR count). The first kappa shape index (κ1) is 23.0. The zero-order valence-corrected chi connectivity index (χ0v) is 18.7. The molecule has 0 bridgehead atoms. The van der Waals surface area contributed by atoms with Gasteiger partial charge in [0.1, 0.15) is 6.04 Å². The Kier molecular flexibility index (Phi) is 8.65. The Morgan fingerprint density at radius 1 is 0.968 bits per heavy atom. The van der Waals surface area contributed by atoms with Crippen molar-refractivity contribution in [2.75, 3.05) is 19.6 Å². The molecule has 5 heteroatoms. The molecule has 2 aromatic rings. The van der Waals surface area contributed by atoms with Gasteiger partial charge in [0, 0.05) is 30.6 Å². The molecule has 0 radical (unpaired) electrons. The van der Waals surface area contributed by atoms with E-state index in [0.717, 1.165) is 19.4 Å². The Bertz CT molecular complexity index is 821. The first-order valence-electron chi connectivity index (χ1n) is 11.6. The van der Waals surface area contributed by atoms with Crippen LogP contribution in [0.15, 0.2) is 60.7 Å². The lowest BCUT2D eigenvalue weighted by Gasteiger charge is -2.26. The monoisotopic (exact) mass is 421 g/mol. The number of amides is 2. The van der Waals surface area contributed by atoms with E-state index in [2.05, 4.69) is 41.0 Å². The number of benzene rings is 2. The Labute approximate surface area is 186 Å². The van der Waals surface area contributed by atoms with Crippen LogP contribution in [0.25, 0.3) is 0 Å². The van der Waals surface area contributed by atoms with Gasteiger partial charge in [-0.3, -0.25) is 9.59 Å². The zero-order chi connectivity index (χ0) is 22.1. The molecule has 1 saturated carbocycles. The minimum Gasteiger partial charge on any atom is -0.341 e. The van der Waals surface area contributed by atoms with E-state index in [-0.39, 0.29) is 11.8 Å². The lowest BCUT2D eigenvalue weighted by atomic mass is 10.1. The first-order valence-corrected chi connectivity index (χ1v) is 11.6. The molecule has 166 valence electrons. The fourth-order valence-electron chi connectivity index (χ4n) is 4.09. The summed E-state index contributed by atoms with van der Waals surface area (Å²) < 4.78 is 0. The van der Waals surface area contributed by atoms with Crippen LogP contribution in [-0.4, -0.2) is 48.4 Å². The minimum absolute atomic E-state index is 0.00794. The van der Waals surface area contributed by atoms with E-state index in [1.54, 1.807) is 17.0 Å². The van der Waals surface area contributed by atoms with E-state index in [1.807, 2.05) is 32.0 Å². The summed E-state index contributed by atoms with van der Waals surface area (Å²) in [6.45, 7) is 6.18. The molecule has 0 heterocycles. The number of carbonyl (C=O) groups is 2. The van der Waals surface area contributed by atoms with E-state index in [0.29, 0.717) is 37.0 Å². The molecule has 2 amide bonds. The predicted molar refractivity (Wildman–Crippen MR) is 125 cm³/mol. The number of rotatable bonds is 12. The number of nitrogens with one attached hydrogen (secondary N) is 2. The summed E-state index contributed by atoms with van der Waals surface area (Å²) in [5.41, 5.74) is 2.00. The molecule has 1 aliphatic rings. The number of nitrogens with zero attached hydrogens (tertiary/aromatic N) is 1. The van der Waals surface area contributed by atoms with Gasteiger partial charge in [-0.05, 0) is 63.8 Å². The van der Waals surface area contributed by atoms with Crippen molar-refractivity contribution in [1.29, 1.82) is 0 Å². The van der Waals surface area contributed by atoms with Crippen LogP contribution >= 0.6 is 0 Å².